The second-order valence-corrected chi connectivity index (χ2v) is 3.09. The van der Waals surface area contributed by atoms with Gasteiger partial charge in [-0.3, -0.25) is 0 Å². The van der Waals surface area contributed by atoms with Crippen LogP contribution >= 0.6 is 0 Å². The Morgan fingerprint density at radius 3 is 1.80 bits per heavy atom. The van der Waals surface area contributed by atoms with Gasteiger partial charge in [0.05, 0.1) is 0 Å². The minimum atomic E-state index is 0.186. The summed E-state index contributed by atoms with van der Waals surface area (Å²) in [4.78, 5) is 0. The Labute approximate surface area is 64.0 Å². The number of hydrogen-bond donors (Lipinski definition) is 1. The van der Waals surface area contributed by atoms with E-state index in [0.717, 1.165) is 0 Å². The first-order chi connectivity index (χ1) is 4.54. The van der Waals surface area contributed by atoms with E-state index in [2.05, 4.69) is 32.6 Å². The van der Waals surface area contributed by atoms with E-state index >= 15 is 0 Å². The van der Waals surface area contributed by atoms with Crippen molar-refractivity contribution in [2.45, 2.75) is 33.7 Å². The number of rotatable bonds is 1. The van der Waals surface area contributed by atoms with Gasteiger partial charge in [0, 0.05) is 17.9 Å². The van der Waals surface area contributed by atoms with E-state index in [1.807, 2.05) is 6.92 Å². The van der Waals surface area contributed by atoms with E-state index in [9.17, 15) is 0 Å². The molecular weight excluding hydrogens is 122 g/mol. The van der Waals surface area contributed by atoms with Gasteiger partial charge in [0.15, 0.2) is 0 Å². The van der Waals surface area contributed by atoms with Crippen molar-refractivity contribution in [1.29, 1.82) is 0 Å². The van der Waals surface area contributed by atoms with Crippen LogP contribution < -0.4 is 5.73 Å². The molecule has 0 spiro atoms. The lowest BCUT2D eigenvalue weighted by atomic mass is 10.0. The smallest absolute Gasteiger partial charge is 0.0323 e. The molecule has 0 radical (unpaired) electrons. The van der Waals surface area contributed by atoms with Gasteiger partial charge in [0.2, 0.25) is 0 Å². The van der Waals surface area contributed by atoms with E-state index in [1.54, 1.807) is 0 Å². The van der Waals surface area contributed by atoms with Crippen LogP contribution in [0.15, 0.2) is 0 Å². The van der Waals surface area contributed by atoms with Crippen LogP contribution in [0.2, 0.25) is 0 Å². The van der Waals surface area contributed by atoms with Crippen molar-refractivity contribution in [3.63, 3.8) is 0 Å². The van der Waals surface area contributed by atoms with Gasteiger partial charge in [-0.1, -0.05) is 19.8 Å². The van der Waals surface area contributed by atoms with Gasteiger partial charge in [-0.25, -0.2) is 0 Å². The normalized spacial score (nSPS) is 15.8. The monoisotopic (exact) mass is 139 g/mol. The van der Waals surface area contributed by atoms with Crippen LogP contribution in [-0.2, 0) is 0 Å². The molecule has 1 heteroatoms. The molecule has 0 amide bonds. The first-order valence-corrected chi connectivity index (χ1v) is 3.80. The van der Waals surface area contributed by atoms with Crippen molar-refractivity contribution < 1.29 is 0 Å². The molecule has 0 aromatic heterocycles. The van der Waals surface area contributed by atoms with Crippen molar-refractivity contribution in [3.05, 3.63) is 0 Å². The maximum Gasteiger partial charge on any atom is 0.0323 e. The first kappa shape index (κ1) is 9.52. The minimum Gasteiger partial charge on any atom is -0.327 e. The molecule has 2 unspecified atom stereocenters. The van der Waals surface area contributed by atoms with Crippen molar-refractivity contribution in [2.24, 2.45) is 17.6 Å². The van der Waals surface area contributed by atoms with Gasteiger partial charge in [0.1, 0.15) is 0 Å². The average Bonchev–Trinajstić information content (AvgIpc) is 1.82. The summed E-state index contributed by atoms with van der Waals surface area (Å²) < 4.78 is 0. The molecule has 0 aliphatic heterocycles. The highest BCUT2D eigenvalue weighted by Gasteiger charge is 2.01. The summed E-state index contributed by atoms with van der Waals surface area (Å²) in [7, 11) is 0. The highest BCUT2D eigenvalue weighted by molar-refractivity contribution is 5.06. The maximum absolute atomic E-state index is 5.62. The molecule has 0 saturated carbocycles. The van der Waals surface area contributed by atoms with Gasteiger partial charge < -0.3 is 5.73 Å². The second kappa shape index (κ2) is 4.35. The predicted molar refractivity (Wildman–Crippen MR) is 45.4 cm³/mol. The molecule has 0 rings (SSSR count). The van der Waals surface area contributed by atoms with Gasteiger partial charge in [-0.2, -0.15) is 0 Å². The molecule has 10 heavy (non-hydrogen) atoms. The van der Waals surface area contributed by atoms with Crippen molar-refractivity contribution in [3.8, 4) is 11.8 Å². The summed E-state index contributed by atoms with van der Waals surface area (Å²) in [6.07, 6.45) is 0. The van der Waals surface area contributed by atoms with Crippen molar-refractivity contribution in [1.82, 2.24) is 0 Å². The van der Waals surface area contributed by atoms with Gasteiger partial charge in [-0.15, -0.1) is 5.92 Å². The predicted octanol–water partition coefficient (Wildman–Crippen LogP) is 1.63. The Hall–Kier alpha value is -0.480. The van der Waals surface area contributed by atoms with Crippen LogP contribution in [0, 0.1) is 23.7 Å². The fourth-order valence-corrected chi connectivity index (χ4v) is 0.430. The maximum atomic E-state index is 5.62. The summed E-state index contributed by atoms with van der Waals surface area (Å²) in [5, 5.41) is 0. The third kappa shape index (κ3) is 4.40. The van der Waals surface area contributed by atoms with Gasteiger partial charge in [0.25, 0.3) is 0 Å². The Bertz CT molecular complexity index is 137. The standard InChI is InChI=1S/C9H17N/c1-7(2)5-6-8(3)9(4)10/h7-9H,10H2,1-4H3. The van der Waals surface area contributed by atoms with E-state index in [0.29, 0.717) is 11.8 Å². The number of hydrogen-bond acceptors (Lipinski definition) is 1. The fraction of sp³-hybridized carbons (Fsp3) is 0.778. The van der Waals surface area contributed by atoms with Crippen LogP contribution in [0.1, 0.15) is 27.7 Å². The molecule has 0 heterocycles. The molecule has 1 nitrogen and oxygen atoms in total. The Morgan fingerprint density at radius 1 is 1.00 bits per heavy atom. The third-order valence-corrected chi connectivity index (χ3v) is 1.39. The van der Waals surface area contributed by atoms with Crippen LogP contribution in [0.5, 0.6) is 0 Å². The van der Waals surface area contributed by atoms with Crippen LogP contribution in [-0.4, -0.2) is 6.04 Å². The zero-order valence-electron chi connectivity index (χ0n) is 7.31. The molecular formula is C9H17N. The summed E-state index contributed by atoms with van der Waals surface area (Å²) in [6, 6.07) is 0.186. The molecule has 0 aromatic rings. The largest absolute Gasteiger partial charge is 0.327 e. The van der Waals surface area contributed by atoms with E-state index in [-0.39, 0.29) is 6.04 Å². The lowest BCUT2D eigenvalue weighted by Crippen LogP contribution is -2.22. The molecule has 0 aliphatic carbocycles. The highest BCUT2D eigenvalue weighted by Crippen LogP contribution is 1.97. The van der Waals surface area contributed by atoms with Gasteiger partial charge >= 0.3 is 0 Å². The SMILES string of the molecule is CC(C)C#CC(C)C(C)N. The summed E-state index contributed by atoms with van der Waals surface area (Å²) >= 11 is 0. The molecule has 0 bridgehead atoms. The highest BCUT2D eigenvalue weighted by atomic mass is 14.6. The molecule has 58 valence electrons. The minimum absolute atomic E-state index is 0.186. The van der Waals surface area contributed by atoms with E-state index in [1.165, 1.54) is 0 Å². The van der Waals surface area contributed by atoms with E-state index in [4.69, 9.17) is 5.73 Å². The van der Waals surface area contributed by atoms with E-state index < -0.39 is 0 Å². The topological polar surface area (TPSA) is 26.0 Å². The molecule has 0 aromatic carbocycles. The van der Waals surface area contributed by atoms with Crippen LogP contribution in [0.25, 0.3) is 0 Å². The molecule has 0 saturated heterocycles. The fourth-order valence-electron chi connectivity index (χ4n) is 0.430. The number of nitrogens with two attached hydrogens (primary N) is 1. The van der Waals surface area contributed by atoms with Crippen LogP contribution in [0.3, 0.4) is 0 Å². The first-order valence-electron chi connectivity index (χ1n) is 3.80. The zero-order chi connectivity index (χ0) is 8.15. The lowest BCUT2D eigenvalue weighted by molar-refractivity contribution is 0.598. The molecule has 0 fully saturated rings. The van der Waals surface area contributed by atoms with Crippen molar-refractivity contribution >= 4 is 0 Å². The Kier molecular flexibility index (Phi) is 4.14. The van der Waals surface area contributed by atoms with Crippen LogP contribution in [0.4, 0.5) is 0 Å². The average molecular weight is 139 g/mol. The quantitative estimate of drug-likeness (QED) is 0.549. The Balaban J connectivity index is 3.80. The summed E-state index contributed by atoms with van der Waals surface area (Å²) in [6.45, 7) is 8.21. The lowest BCUT2D eigenvalue weighted by Gasteiger charge is -2.06. The van der Waals surface area contributed by atoms with Crippen molar-refractivity contribution in [2.75, 3.05) is 0 Å². The molecule has 0 aliphatic rings. The Morgan fingerprint density at radius 2 is 1.50 bits per heavy atom. The zero-order valence-corrected chi connectivity index (χ0v) is 7.31. The van der Waals surface area contributed by atoms with Gasteiger partial charge in [-0.05, 0) is 13.8 Å². The second-order valence-electron chi connectivity index (χ2n) is 3.09. The third-order valence-electron chi connectivity index (χ3n) is 1.39. The summed E-state index contributed by atoms with van der Waals surface area (Å²) in [5.41, 5.74) is 5.62. The molecule has 2 atom stereocenters. The summed E-state index contributed by atoms with van der Waals surface area (Å²) in [5.74, 6) is 6.98. The molecule has 2 N–H and O–H groups in total.